The van der Waals surface area contributed by atoms with E-state index < -0.39 is 5.60 Å². The second-order valence-corrected chi connectivity index (χ2v) is 5.66. The highest BCUT2D eigenvalue weighted by atomic mass is 16.5. The van der Waals surface area contributed by atoms with Gasteiger partial charge in [-0.3, -0.25) is 0 Å². The first-order chi connectivity index (χ1) is 7.33. The third kappa shape index (κ3) is 3.79. The predicted molar refractivity (Wildman–Crippen MR) is 64.2 cm³/mol. The SMILES string of the molecule is CC(C)(C)[C@@](C)(O)C#CC[NH+]1CCOCC1. The number of hydrogen-bond acceptors (Lipinski definition) is 2. The Morgan fingerprint density at radius 1 is 1.19 bits per heavy atom. The Kier molecular flexibility index (Phi) is 4.37. The van der Waals surface area contributed by atoms with Gasteiger partial charge in [0.05, 0.1) is 13.2 Å². The number of ether oxygens (including phenoxy) is 1. The number of hydrogen-bond donors (Lipinski definition) is 2. The quantitative estimate of drug-likeness (QED) is 0.602. The smallest absolute Gasteiger partial charge is 0.139 e. The summed E-state index contributed by atoms with van der Waals surface area (Å²) in [6.45, 7) is 12.3. The summed E-state index contributed by atoms with van der Waals surface area (Å²) in [7, 11) is 0. The number of nitrogens with one attached hydrogen (secondary N) is 1. The van der Waals surface area contributed by atoms with Crippen molar-refractivity contribution >= 4 is 0 Å². The molecule has 1 aliphatic rings. The van der Waals surface area contributed by atoms with Gasteiger partial charge in [0.15, 0.2) is 0 Å². The molecule has 0 spiro atoms. The molecule has 2 N–H and O–H groups in total. The van der Waals surface area contributed by atoms with Crippen molar-refractivity contribution in [2.45, 2.75) is 33.3 Å². The van der Waals surface area contributed by atoms with E-state index in [1.54, 1.807) is 6.92 Å². The Hall–Kier alpha value is -0.560. The summed E-state index contributed by atoms with van der Waals surface area (Å²) < 4.78 is 5.28. The molecule has 1 aliphatic heterocycles. The molecule has 0 amide bonds. The summed E-state index contributed by atoms with van der Waals surface area (Å²) >= 11 is 0. The molecule has 0 aromatic rings. The fraction of sp³-hybridized carbons (Fsp3) is 0.846. The van der Waals surface area contributed by atoms with E-state index in [1.807, 2.05) is 20.8 Å². The van der Waals surface area contributed by atoms with E-state index in [0.29, 0.717) is 0 Å². The zero-order valence-corrected chi connectivity index (χ0v) is 10.9. The van der Waals surface area contributed by atoms with Crippen LogP contribution in [0, 0.1) is 17.3 Å². The number of morpholine rings is 1. The van der Waals surface area contributed by atoms with Gasteiger partial charge in [-0.1, -0.05) is 26.7 Å². The van der Waals surface area contributed by atoms with E-state index >= 15 is 0 Å². The average Bonchev–Trinajstić information content (AvgIpc) is 2.17. The molecule has 1 fully saturated rings. The lowest BCUT2D eigenvalue weighted by Crippen LogP contribution is -3.14. The summed E-state index contributed by atoms with van der Waals surface area (Å²) in [6.07, 6.45) is 0. The van der Waals surface area contributed by atoms with Gasteiger partial charge in [-0.05, 0) is 12.8 Å². The van der Waals surface area contributed by atoms with Crippen LogP contribution in [0.15, 0.2) is 0 Å². The van der Waals surface area contributed by atoms with Gasteiger partial charge >= 0.3 is 0 Å². The Morgan fingerprint density at radius 3 is 2.25 bits per heavy atom. The van der Waals surface area contributed by atoms with Crippen molar-refractivity contribution in [2.24, 2.45) is 5.41 Å². The highest BCUT2D eigenvalue weighted by molar-refractivity contribution is 5.16. The Labute approximate surface area is 98.8 Å². The summed E-state index contributed by atoms with van der Waals surface area (Å²) in [6, 6.07) is 0. The van der Waals surface area contributed by atoms with E-state index in [2.05, 4.69) is 11.8 Å². The minimum Gasteiger partial charge on any atom is -0.377 e. The summed E-state index contributed by atoms with van der Waals surface area (Å²) in [5, 5.41) is 10.2. The van der Waals surface area contributed by atoms with Gasteiger partial charge in [-0.2, -0.15) is 0 Å². The molecule has 1 rings (SSSR count). The zero-order chi connectivity index (χ0) is 12.2. The molecule has 3 nitrogen and oxygen atoms in total. The fourth-order valence-corrected chi connectivity index (χ4v) is 1.37. The molecular weight excluding hydrogens is 202 g/mol. The Balaban J connectivity index is 2.47. The van der Waals surface area contributed by atoms with Crippen molar-refractivity contribution in [1.29, 1.82) is 0 Å². The fourth-order valence-electron chi connectivity index (χ4n) is 1.37. The Bertz CT molecular complexity index is 275. The maximum atomic E-state index is 10.2. The van der Waals surface area contributed by atoms with Gasteiger partial charge in [0.25, 0.3) is 0 Å². The molecule has 0 unspecified atom stereocenters. The van der Waals surface area contributed by atoms with Crippen LogP contribution in [0.1, 0.15) is 27.7 Å². The molecule has 0 aliphatic carbocycles. The van der Waals surface area contributed by atoms with Crippen molar-refractivity contribution in [2.75, 3.05) is 32.8 Å². The van der Waals surface area contributed by atoms with Crippen LogP contribution in [0.2, 0.25) is 0 Å². The number of rotatable bonds is 1. The van der Waals surface area contributed by atoms with E-state index in [-0.39, 0.29) is 5.41 Å². The second kappa shape index (κ2) is 5.18. The highest BCUT2D eigenvalue weighted by Crippen LogP contribution is 2.28. The lowest BCUT2D eigenvalue weighted by atomic mass is 9.78. The third-order valence-electron chi connectivity index (χ3n) is 3.33. The highest BCUT2D eigenvalue weighted by Gasteiger charge is 2.33. The minimum absolute atomic E-state index is 0.208. The van der Waals surface area contributed by atoms with Crippen molar-refractivity contribution in [3.63, 3.8) is 0 Å². The lowest BCUT2D eigenvalue weighted by Gasteiger charge is -2.32. The van der Waals surface area contributed by atoms with Crippen LogP contribution >= 0.6 is 0 Å². The summed E-state index contributed by atoms with van der Waals surface area (Å²) in [4.78, 5) is 1.45. The summed E-state index contributed by atoms with van der Waals surface area (Å²) in [5.41, 5.74) is -1.13. The maximum Gasteiger partial charge on any atom is 0.139 e. The van der Waals surface area contributed by atoms with Gasteiger partial charge in [0.2, 0.25) is 0 Å². The van der Waals surface area contributed by atoms with Crippen LogP contribution in [0.4, 0.5) is 0 Å². The molecular formula is C13H24NO2+. The third-order valence-corrected chi connectivity index (χ3v) is 3.33. The van der Waals surface area contributed by atoms with Crippen LogP contribution < -0.4 is 4.90 Å². The van der Waals surface area contributed by atoms with Crippen molar-refractivity contribution in [3.8, 4) is 11.8 Å². The van der Waals surface area contributed by atoms with Gasteiger partial charge in [0, 0.05) is 5.41 Å². The van der Waals surface area contributed by atoms with Crippen LogP contribution in [0.3, 0.4) is 0 Å². The first-order valence-corrected chi connectivity index (χ1v) is 5.97. The first-order valence-electron chi connectivity index (χ1n) is 5.97. The molecule has 16 heavy (non-hydrogen) atoms. The molecule has 0 aromatic heterocycles. The zero-order valence-electron chi connectivity index (χ0n) is 10.9. The van der Waals surface area contributed by atoms with Gasteiger partial charge in [-0.25, -0.2) is 0 Å². The molecule has 0 bridgehead atoms. The maximum absolute atomic E-state index is 10.2. The van der Waals surface area contributed by atoms with Gasteiger partial charge in [-0.15, -0.1) is 0 Å². The van der Waals surface area contributed by atoms with E-state index in [9.17, 15) is 5.11 Å². The minimum atomic E-state index is -0.918. The van der Waals surface area contributed by atoms with Crippen molar-refractivity contribution in [1.82, 2.24) is 0 Å². The predicted octanol–water partition coefficient (Wildman–Crippen LogP) is -0.298. The average molecular weight is 226 g/mol. The summed E-state index contributed by atoms with van der Waals surface area (Å²) in [5.74, 6) is 6.10. The molecule has 1 saturated heterocycles. The monoisotopic (exact) mass is 226 g/mol. The molecule has 92 valence electrons. The van der Waals surface area contributed by atoms with Crippen LogP contribution in [0.25, 0.3) is 0 Å². The van der Waals surface area contributed by atoms with E-state index in [1.165, 1.54) is 4.90 Å². The van der Waals surface area contributed by atoms with Crippen LogP contribution in [-0.4, -0.2) is 43.6 Å². The van der Waals surface area contributed by atoms with E-state index in [4.69, 9.17) is 4.74 Å². The second-order valence-electron chi connectivity index (χ2n) is 5.66. The Morgan fingerprint density at radius 2 is 1.75 bits per heavy atom. The molecule has 0 aromatic carbocycles. The first kappa shape index (κ1) is 13.5. The van der Waals surface area contributed by atoms with Crippen molar-refractivity contribution in [3.05, 3.63) is 0 Å². The van der Waals surface area contributed by atoms with Gasteiger partial charge in [0.1, 0.15) is 25.2 Å². The number of aliphatic hydroxyl groups is 1. The van der Waals surface area contributed by atoms with E-state index in [0.717, 1.165) is 32.8 Å². The van der Waals surface area contributed by atoms with Crippen LogP contribution in [-0.2, 0) is 4.74 Å². The lowest BCUT2D eigenvalue weighted by molar-refractivity contribution is -0.900. The molecule has 1 heterocycles. The topological polar surface area (TPSA) is 33.9 Å². The molecule has 0 radical (unpaired) electrons. The molecule has 0 saturated carbocycles. The standard InChI is InChI=1S/C13H23NO2/c1-12(2,3)13(4,15)6-5-7-14-8-10-16-11-9-14/h15H,7-11H2,1-4H3/p+1/t13-/m0/s1. The normalized spacial score (nSPS) is 22.1. The number of quaternary nitrogens is 1. The van der Waals surface area contributed by atoms with Gasteiger partial charge < -0.3 is 14.7 Å². The molecule has 1 atom stereocenters. The largest absolute Gasteiger partial charge is 0.377 e. The van der Waals surface area contributed by atoms with Crippen LogP contribution in [0.5, 0.6) is 0 Å². The molecule has 3 heteroatoms. The van der Waals surface area contributed by atoms with Crippen molar-refractivity contribution < 1.29 is 14.7 Å².